The van der Waals surface area contributed by atoms with Crippen LogP contribution in [0, 0.1) is 15.5 Å². The lowest BCUT2D eigenvalue weighted by Gasteiger charge is -2.23. The summed E-state index contributed by atoms with van der Waals surface area (Å²) < 4.78 is 28.0. The number of nitro benzene ring substituents is 1. The van der Waals surface area contributed by atoms with Crippen molar-refractivity contribution < 1.29 is 52.6 Å². The molecule has 0 aliphatic heterocycles. The zero-order chi connectivity index (χ0) is 44.0. The van der Waals surface area contributed by atoms with Crippen LogP contribution in [0.4, 0.5) is 22.7 Å². The van der Waals surface area contributed by atoms with Gasteiger partial charge in [0.05, 0.1) is 41.5 Å². The molecule has 60 heavy (non-hydrogen) atoms. The Balaban J connectivity index is 1.52. The van der Waals surface area contributed by atoms with E-state index in [0.717, 1.165) is 0 Å². The van der Waals surface area contributed by atoms with Crippen LogP contribution in [0.15, 0.2) is 111 Å². The second kappa shape index (κ2) is 20.6. The number of hydrogen-bond donors (Lipinski definition) is 3. The first-order valence-corrected chi connectivity index (χ1v) is 18.2. The van der Waals surface area contributed by atoms with Crippen molar-refractivity contribution in [3.05, 3.63) is 143 Å². The molecule has 4 aromatic carbocycles. The van der Waals surface area contributed by atoms with Gasteiger partial charge in [0.2, 0.25) is 5.91 Å². The Morgan fingerprint density at radius 1 is 0.650 bits per heavy atom. The smallest absolute Gasteiger partial charge is 0.342 e. The van der Waals surface area contributed by atoms with Crippen LogP contribution in [0.1, 0.15) is 61.7 Å². The van der Waals surface area contributed by atoms with Crippen LogP contribution < -0.4 is 34.9 Å². The van der Waals surface area contributed by atoms with Gasteiger partial charge in [0, 0.05) is 35.4 Å². The number of anilines is 3. The first-order valence-electron chi connectivity index (χ1n) is 18.2. The molecular weight excluding hydrogens is 776 g/mol. The highest BCUT2D eigenvalue weighted by molar-refractivity contribution is 6.10. The molecule has 0 saturated carbocycles. The predicted octanol–water partition coefficient (Wildman–Crippen LogP) is 7.83. The molecule has 0 bridgehead atoms. The molecule has 0 unspecified atom stereocenters. The molecule has 16 nitrogen and oxygen atoms in total. The van der Waals surface area contributed by atoms with Gasteiger partial charge in [-0.05, 0) is 60.7 Å². The molecule has 4 rings (SSSR count). The van der Waals surface area contributed by atoms with E-state index in [1.165, 1.54) is 105 Å². The molecule has 3 N–H and O–H groups in total. The largest absolute Gasteiger partial charge is 0.491 e. The molecule has 0 saturated heterocycles. The third kappa shape index (κ3) is 11.0. The third-order valence-corrected chi connectivity index (χ3v) is 8.64. The van der Waals surface area contributed by atoms with Crippen LogP contribution in [-0.2, 0) is 9.53 Å². The van der Waals surface area contributed by atoms with Crippen LogP contribution in [0.3, 0.4) is 0 Å². The number of ketones is 1. The molecule has 16 heteroatoms. The summed E-state index contributed by atoms with van der Waals surface area (Å²) in [6, 6.07) is 16.9. The molecule has 0 heterocycles. The van der Waals surface area contributed by atoms with Gasteiger partial charge in [0.15, 0.2) is 28.8 Å². The second-order valence-electron chi connectivity index (χ2n) is 13.4. The Hall–Kier alpha value is -7.75. The molecule has 0 fully saturated rings. The van der Waals surface area contributed by atoms with Crippen molar-refractivity contribution in [3.8, 4) is 23.0 Å². The minimum absolute atomic E-state index is 0.00856. The minimum Gasteiger partial charge on any atom is -0.491 e. The van der Waals surface area contributed by atoms with Gasteiger partial charge in [0.1, 0.15) is 25.4 Å². The number of benzene rings is 4. The minimum atomic E-state index is -1.15. The Morgan fingerprint density at radius 3 is 1.67 bits per heavy atom. The number of non-ortho nitro benzene ring substituents is 1. The van der Waals surface area contributed by atoms with E-state index in [9.17, 15) is 34.1 Å². The monoisotopic (exact) mass is 820 g/mol. The molecule has 0 atom stereocenters. The van der Waals surface area contributed by atoms with E-state index in [-0.39, 0.29) is 94.3 Å². The van der Waals surface area contributed by atoms with Gasteiger partial charge < -0.3 is 39.6 Å². The molecular formula is C44H44N4O12. The van der Waals surface area contributed by atoms with Crippen LogP contribution in [-0.4, -0.2) is 68.4 Å². The Morgan fingerprint density at radius 2 is 1.15 bits per heavy atom. The van der Waals surface area contributed by atoms with E-state index >= 15 is 0 Å². The summed E-state index contributed by atoms with van der Waals surface area (Å²) in [6.45, 7) is 14.0. The number of carbonyl (C=O) groups is 5. The highest BCUT2D eigenvalue weighted by Crippen LogP contribution is 2.42. The number of methoxy groups -OCH3 is 2. The van der Waals surface area contributed by atoms with E-state index in [4.69, 9.17) is 23.7 Å². The van der Waals surface area contributed by atoms with Gasteiger partial charge in [-0.3, -0.25) is 29.3 Å². The average Bonchev–Trinajstić information content (AvgIpc) is 3.23. The number of nitrogens with zero attached hydrogens (tertiary/aromatic N) is 1. The fourth-order valence-electron chi connectivity index (χ4n) is 5.59. The van der Waals surface area contributed by atoms with Crippen molar-refractivity contribution in [2.24, 2.45) is 5.41 Å². The number of Topliss-reactive ketones (excluding diaryl/α,β-unsaturated/α-hetero) is 1. The third-order valence-electron chi connectivity index (χ3n) is 8.64. The van der Waals surface area contributed by atoms with Gasteiger partial charge in [-0.15, -0.1) is 0 Å². The quantitative estimate of drug-likeness (QED) is 0.0241. The first kappa shape index (κ1) is 45.0. The van der Waals surface area contributed by atoms with E-state index in [0.29, 0.717) is 5.69 Å². The summed E-state index contributed by atoms with van der Waals surface area (Å²) in [5.41, 5.74) is -0.145. The second-order valence-corrected chi connectivity index (χ2v) is 13.4. The number of nitro groups is 1. The lowest BCUT2D eigenvalue weighted by molar-refractivity contribution is -0.384. The Labute approximate surface area is 346 Å². The zero-order valence-corrected chi connectivity index (χ0v) is 33.5. The van der Waals surface area contributed by atoms with Crippen molar-refractivity contribution in [2.45, 2.75) is 20.3 Å². The zero-order valence-electron chi connectivity index (χ0n) is 33.5. The number of rotatable bonds is 21. The highest BCUT2D eigenvalue weighted by Gasteiger charge is 2.31. The maximum absolute atomic E-state index is 13.9. The van der Waals surface area contributed by atoms with Gasteiger partial charge in [-0.25, -0.2) is 4.79 Å². The van der Waals surface area contributed by atoms with E-state index in [1.54, 1.807) is 13.8 Å². The number of ether oxygens (including phenoxy) is 5. The summed E-state index contributed by atoms with van der Waals surface area (Å²) in [5.74, 6) is -2.71. The number of nitrogens with one attached hydrogen (secondary N) is 3. The molecule has 0 aromatic heterocycles. The lowest BCUT2D eigenvalue weighted by atomic mass is 9.84. The van der Waals surface area contributed by atoms with Crippen molar-refractivity contribution in [2.75, 3.05) is 50.0 Å². The van der Waals surface area contributed by atoms with Crippen molar-refractivity contribution in [3.63, 3.8) is 0 Å². The molecule has 0 spiro atoms. The van der Waals surface area contributed by atoms with Crippen LogP contribution in [0.5, 0.6) is 23.0 Å². The first-order chi connectivity index (χ1) is 28.7. The molecule has 0 aliphatic rings. The van der Waals surface area contributed by atoms with Crippen LogP contribution >= 0.6 is 0 Å². The molecule has 4 aromatic rings. The van der Waals surface area contributed by atoms with E-state index in [1.807, 2.05) is 0 Å². The predicted molar refractivity (Wildman–Crippen MR) is 225 cm³/mol. The van der Waals surface area contributed by atoms with Crippen molar-refractivity contribution in [1.82, 2.24) is 0 Å². The summed E-state index contributed by atoms with van der Waals surface area (Å²) in [7, 11) is 2.68. The number of esters is 1. The lowest BCUT2D eigenvalue weighted by Crippen LogP contribution is -2.33. The molecule has 312 valence electrons. The fourth-order valence-corrected chi connectivity index (χ4v) is 5.59. The fraction of sp³-hybridized carbons (Fsp3) is 0.205. The summed E-state index contributed by atoms with van der Waals surface area (Å²) in [5, 5.41) is 19.2. The van der Waals surface area contributed by atoms with Crippen LogP contribution in [0.2, 0.25) is 0 Å². The number of carbonyl (C=O) groups excluding carboxylic acids is 5. The number of amides is 3. The maximum atomic E-state index is 13.9. The SMILES string of the molecule is C=CCOC(=O)c1ccc(NC(=O)c2ccc(NC(=O)c3ccc(NC(=O)C(C)(C)CC(=O)c4ccc([N+](=O)[O-])cc4)cc3)c(OC)c2OCC=C)c(OC)c1OCC=C. The van der Waals surface area contributed by atoms with Crippen molar-refractivity contribution >= 4 is 52.2 Å². The van der Waals surface area contributed by atoms with E-state index < -0.39 is 34.0 Å². The standard InChI is InChI=1S/C44H44N4O12/c1-8-23-58-36-31(41(51)47-34-22-20-32(42(52)60-25-10-3)37(39(34)57-7)59-24-9-2)19-21-33(38(36)56-6)46-40(50)28-11-15-29(16-12-28)45-43(53)44(4,5)26-35(49)27-13-17-30(18-14-27)48(54)55/h8-22H,1-3,23-26H2,4-7H3,(H,45,53)(H,46,50)(H,47,51). The summed E-state index contributed by atoms with van der Waals surface area (Å²) in [6.07, 6.45) is 4.18. The van der Waals surface area contributed by atoms with Gasteiger partial charge in [-0.2, -0.15) is 0 Å². The van der Waals surface area contributed by atoms with Crippen LogP contribution in [0.25, 0.3) is 0 Å². The molecule has 0 aliphatic carbocycles. The topological polar surface area (TPSA) is 211 Å². The highest BCUT2D eigenvalue weighted by atomic mass is 16.6. The summed E-state index contributed by atoms with van der Waals surface area (Å²) in [4.78, 5) is 76.5. The average molecular weight is 821 g/mol. The molecule has 0 radical (unpaired) electrons. The molecule has 3 amide bonds. The Bertz CT molecular complexity index is 2300. The van der Waals surface area contributed by atoms with Gasteiger partial charge >= 0.3 is 5.97 Å². The van der Waals surface area contributed by atoms with Gasteiger partial charge in [0.25, 0.3) is 17.5 Å². The maximum Gasteiger partial charge on any atom is 0.342 e. The van der Waals surface area contributed by atoms with Gasteiger partial charge in [-0.1, -0.05) is 51.8 Å². The van der Waals surface area contributed by atoms with E-state index in [2.05, 4.69) is 35.7 Å². The van der Waals surface area contributed by atoms with Crippen molar-refractivity contribution in [1.29, 1.82) is 0 Å². The number of hydrogen-bond acceptors (Lipinski definition) is 12. The normalized spacial score (nSPS) is 10.6. The summed E-state index contributed by atoms with van der Waals surface area (Å²) >= 11 is 0. The Kier molecular flexibility index (Phi) is 15.4.